The Morgan fingerprint density at radius 1 is 1.45 bits per heavy atom. The van der Waals surface area contributed by atoms with Gasteiger partial charge < -0.3 is 10.2 Å². The molecule has 20 heavy (non-hydrogen) atoms. The van der Waals surface area contributed by atoms with Crippen LogP contribution < -0.4 is 5.32 Å². The van der Waals surface area contributed by atoms with Gasteiger partial charge in [-0.05, 0) is 30.2 Å². The maximum Gasteiger partial charge on any atom is 0.247 e. The lowest BCUT2D eigenvalue weighted by Crippen LogP contribution is -2.56. The molecule has 5 heteroatoms. The molecule has 4 nitrogen and oxygen atoms in total. The minimum atomic E-state index is -0.408. The quantitative estimate of drug-likeness (QED) is 0.852. The van der Waals surface area contributed by atoms with Crippen LogP contribution in [0.5, 0.6) is 0 Å². The van der Waals surface area contributed by atoms with E-state index in [1.165, 1.54) is 18.2 Å². The second kappa shape index (κ2) is 6.32. The predicted octanol–water partition coefficient (Wildman–Crippen LogP) is 1.58. The molecule has 1 heterocycles. The summed E-state index contributed by atoms with van der Waals surface area (Å²) in [6, 6.07) is 5.47. The Morgan fingerprint density at radius 2 is 2.15 bits per heavy atom. The minimum Gasteiger partial charge on any atom is -0.353 e. The molecule has 1 aromatic rings. The number of nitrogens with one attached hydrogen (secondary N) is 1. The van der Waals surface area contributed by atoms with Crippen LogP contribution in [0, 0.1) is 5.82 Å². The van der Waals surface area contributed by atoms with Crippen LogP contribution in [0.4, 0.5) is 4.39 Å². The van der Waals surface area contributed by atoms with Gasteiger partial charge >= 0.3 is 0 Å². The van der Waals surface area contributed by atoms with Gasteiger partial charge in [-0.2, -0.15) is 0 Å². The van der Waals surface area contributed by atoms with Gasteiger partial charge in [0.1, 0.15) is 11.9 Å². The van der Waals surface area contributed by atoms with Crippen molar-refractivity contribution in [1.82, 2.24) is 10.2 Å². The van der Waals surface area contributed by atoms with Crippen molar-refractivity contribution in [2.45, 2.75) is 19.4 Å². The van der Waals surface area contributed by atoms with Gasteiger partial charge in [0.05, 0.1) is 0 Å². The number of halogens is 1. The maximum absolute atomic E-state index is 12.8. The number of hydrogen-bond donors (Lipinski definition) is 1. The van der Waals surface area contributed by atoms with Crippen LogP contribution in [0.2, 0.25) is 0 Å². The summed E-state index contributed by atoms with van der Waals surface area (Å²) in [5.41, 5.74) is 0.745. The molecular weight excluding hydrogens is 259 g/mol. The van der Waals surface area contributed by atoms with Gasteiger partial charge in [-0.3, -0.25) is 9.59 Å². The molecule has 1 atom stereocenters. The first kappa shape index (κ1) is 14.2. The molecular formula is C15H17FN2O2. The highest BCUT2D eigenvalue weighted by atomic mass is 19.1. The maximum atomic E-state index is 12.8. The van der Waals surface area contributed by atoms with E-state index in [1.807, 2.05) is 6.92 Å². The number of hydrogen-bond acceptors (Lipinski definition) is 2. The summed E-state index contributed by atoms with van der Waals surface area (Å²) < 4.78 is 12.8. The standard InChI is InChI=1S/C15H17FN2O2/c1-2-13-15(20)17-9-10-18(13)14(19)8-5-11-3-6-12(16)7-4-11/h3-8,13H,2,9-10H2,1H3,(H,17,20)/b8-5+. The summed E-state index contributed by atoms with van der Waals surface area (Å²) >= 11 is 0. The molecule has 2 amide bonds. The van der Waals surface area contributed by atoms with E-state index < -0.39 is 6.04 Å². The number of nitrogens with zero attached hydrogens (tertiary/aromatic N) is 1. The third-order valence-electron chi connectivity index (χ3n) is 3.29. The van der Waals surface area contributed by atoms with Crippen LogP contribution >= 0.6 is 0 Å². The van der Waals surface area contributed by atoms with Crippen LogP contribution in [0.15, 0.2) is 30.3 Å². The Balaban J connectivity index is 2.06. The SMILES string of the molecule is CCC1C(=O)NCCN1C(=O)/C=C/c1ccc(F)cc1. The summed E-state index contributed by atoms with van der Waals surface area (Å²) in [5, 5.41) is 2.75. The van der Waals surface area contributed by atoms with Gasteiger partial charge in [-0.25, -0.2) is 4.39 Å². The molecule has 1 saturated heterocycles. The van der Waals surface area contributed by atoms with E-state index in [0.29, 0.717) is 19.5 Å². The zero-order valence-electron chi connectivity index (χ0n) is 11.3. The first-order valence-corrected chi connectivity index (χ1v) is 6.63. The Morgan fingerprint density at radius 3 is 2.80 bits per heavy atom. The average molecular weight is 276 g/mol. The Bertz CT molecular complexity index is 525. The molecule has 1 unspecified atom stereocenters. The average Bonchev–Trinajstić information content (AvgIpc) is 2.46. The molecule has 0 saturated carbocycles. The van der Waals surface area contributed by atoms with E-state index in [4.69, 9.17) is 0 Å². The van der Waals surface area contributed by atoms with Gasteiger partial charge in [0, 0.05) is 19.2 Å². The molecule has 0 aromatic heterocycles. The topological polar surface area (TPSA) is 49.4 Å². The van der Waals surface area contributed by atoms with E-state index in [1.54, 1.807) is 23.1 Å². The van der Waals surface area contributed by atoms with Crippen molar-refractivity contribution in [2.24, 2.45) is 0 Å². The molecule has 0 radical (unpaired) electrons. The second-order valence-corrected chi connectivity index (χ2v) is 4.63. The summed E-state index contributed by atoms with van der Waals surface area (Å²) in [6.45, 7) is 2.86. The molecule has 1 fully saturated rings. The van der Waals surface area contributed by atoms with Crippen molar-refractivity contribution in [3.63, 3.8) is 0 Å². The predicted molar refractivity (Wildman–Crippen MR) is 74.2 cm³/mol. The van der Waals surface area contributed by atoms with Crippen molar-refractivity contribution in [2.75, 3.05) is 13.1 Å². The van der Waals surface area contributed by atoms with Gasteiger partial charge in [0.15, 0.2) is 0 Å². The Hall–Kier alpha value is -2.17. The molecule has 1 aliphatic heterocycles. The molecule has 1 aliphatic rings. The monoisotopic (exact) mass is 276 g/mol. The van der Waals surface area contributed by atoms with Crippen molar-refractivity contribution in [3.05, 3.63) is 41.7 Å². The van der Waals surface area contributed by atoms with Crippen molar-refractivity contribution < 1.29 is 14.0 Å². The zero-order chi connectivity index (χ0) is 14.5. The molecule has 0 spiro atoms. The highest BCUT2D eigenvalue weighted by Gasteiger charge is 2.30. The normalized spacial score (nSPS) is 19.2. The van der Waals surface area contributed by atoms with Crippen molar-refractivity contribution in [3.8, 4) is 0 Å². The van der Waals surface area contributed by atoms with Gasteiger partial charge in [0.25, 0.3) is 0 Å². The van der Waals surface area contributed by atoms with E-state index in [2.05, 4.69) is 5.32 Å². The number of benzene rings is 1. The molecule has 0 bridgehead atoms. The van der Waals surface area contributed by atoms with E-state index in [9.17, 15) is 14.0 Å². The van der Waals surface area contributed by atoms with Crippen LogP contribution in [0.1, 0.15) is 18.9 Å². The first-order valence-electron chi connectivity index (χ1n) is 6.63. The number of carbonyl (C=O) groups excluding carboxylic acids is 2. The van der Waals surface area contributed by atoms with Crippen LogP contribution in [-0.4, -0.2) is 35.8 Å². The largest absolute Gasteiger partial charge is 0.353 e. The van der Waals surface area contributed by atoms with Gasteiger partial charge in [0.2, 0.25) is 11.8 Å². The van der Waals surface area contributed by atoms with Gasteiger partial charge in [-0.1, -0.05) is 19.1 Å². The Kier molecular flexibility index (Phi) is 4.50. The fourth-order valence-corrected chi connectivity index (χ4v) is 2.22. The van der Waals surface area contributed by atoms with Crippen LogP contribution in [-0.2, 0) is 9.59 Å². The molecule has 0 aliphatic carbocycles. The smallest absolute Gasteiger partial charge is 0.247 e. The number of piperazine rings is 1. The third kappa shape index (κ3) is 3.23. The fraction of sp³-hybridized carbons (Fsp3) is 0.333. The van der Waals surface area contributed by atoms with Crippen LogP contribution in [0.25, 0.3) is 6.08 Å². The molecule has 2 rings (SSSR count). The highest BCUT2D eigenvalue weighted by molar-refractivity contribution is 5.96. The lowest BCUT2D eigenvalue weighted by Gasteiger charge is -2.33. The summed E-state index contributed by atoms with van der Waals surface area (Å²) in [5.74, 6) is -0.620. The zero-order valence-corrected chi connectivity index (χ0v) is 11.3. The van der Waals surface area contributed by atoms with Crippen molar-refractivity contribution in [1.29, 1.82) is 0 Å². The molecule has 1 N–H and O–H groups in total. The minimum absolute atomic E-state index is 0.109. The lowest BCUT2D eigenvalue weighted by molar-refractivity contribution is -0.140. The summed E-state index contributed by atoms with van der Waals surface area (Å²) in [7, 11) is 0. The number of carbonyl (C=O) groups is 2. The first-order chi connectivity index (χ1) is 9.61. The highest BCUT2D eigenvalue weighted by Crippen LogP contribution is 2.11. The molecule has 1 aromatic carbocycles. The molecule has 106 valence electrons. The number of amides is 2. The van der Waals surface area contributed by atoms with E-state index >= 15 is 0 Å². The lowest BCUT2D eigenvalue weighted by atomic mass is 10.1. The third-order valence-corrected chi connectivity index (χ3v) is 3.29. The fourth-order valence-electron chi connectivity index (χ4n) is 2.22. The van der Waals surface area contributed by atoms with E-state index in [0.717, 1.165) is 5.56 Å². The summed E-state index contributed by atoms with van der Waals surface area (Å²) in [4.78, 5) is 25.4. The van der Waals surface area contributed by atoms with Crippen LogP contribution in [0.3, 0.4) is 0 Å². The second-order valence-electron chi connectivity index (χ2n) is 4.63. The van der Waals surface area contributed by atoms with E-state index in [-0.39, 0.29) is 17.6 Å². The summed E-state index contributed by atoms with van der Waals surface area (Å²) in [6.07, 6.45) is 3.64. The van der Waals surface area contributed by atoms with Gasteiger partial charge in [-0.15, -0.1) is 0 Å². The number of rotatable bonds is 3. The van der Waals surface area contributed by atoms with Crippen molar-refractivity contribution >= 4 is 17.9 Å². The Labute approximate surface area is 117 Å².